The van der Waals surface area contributed by atoms with Gasteiger partial charge in [0, 0.05) is 12.1 Å². The molecule has 2 aromatic carbocycles. The summed E-state index contributed by atoms with van der Waals surface area (Å²) in [6, 6.07) is 14.2. The van der Waals surface area contributed by atoms with E-state index in [4.69, 9.17) is 9.47 Å². The number of aromatic amines is 1. The predicted molar refractivity (Wildman–Crippen MR) is 107 cm³/mol. The summed E-state index contributed by atoms with van der Waals surface area (Å²) in [4.78, 5) is 15.5. The maximum atomic E-state index is 12.5. The van der Waals surface area contributed by atoms with Crippen LogP contribution in [0.3, 0.4) is 0 Å². The first-order chi connectivity index (χ1) is 13.1. The molecule has 2 N–H and O–H groups in total. The summed E-state index contributed by atoms with van der Waals surface area (Å²) in [5.74, 6) is 1.98. The van der Waals surface area contributed by atoms with Crippen LogP contribution in [-0.4, -0.2) is 18.3 Å². The second-order valence-corrected chi connectivity index (χ2v) is 7.20. The van der Waals surface area contributed by atoms with Crippen molar-refractivity contribution in [3.8, 4) is 11.5 Å². The summed E-state index contributed by atoms with van der Waals surface area (Å²) in [6.45, 7) is 5.89. The molecule has 0 aliphatic carbocycles. The molecular weight excluding hydrogens is 340 g/mol. The molecule has 0 unspecified atom stereocenters. The summed E-state index contributed by atoms with van der Waals surface area (Å²) < 4.78 is 10.7. The fourth-order valence-electron chi connectivity index (χ4n) is 3.47. The van der Waals surface area contributed by atoms with Crippen LogP contribution in [0.2, 0.25) is 0 Å². The van der Waals surface area contributed by atoms with Crippen LogP contribution in [0.4, 0.5) is 0 Å². The number of nitrogens with one attached hydrogen (secondary N) is 2. The van der Waals surface area contributed by atoms with E-state index in [0.717, 1.165) is 40.9 Å². The highest BCUT2D eigenvalue weighted by Gasteiger charge is 2.13. The fourth-order valence-corrected chi connectivity index (χ4v) is 3.47. The minimum absolute atomic E-state index is 0.0221. The van der Waals surface area contributed by atoms with Gasteiger partial charge in [0.05, 0.1) is 5.52 Å². The van der Waals surface area contributed by atoms with E-state index in [1.807, 2.05) is 36.4 Å². The van der Waals surface area contributed by atoms with Crippen molar-refractivity contribution in [2.45, 2.75) is 32.7 Å². The van der Waals surface area contributed by atoms with Gasteiger partial charge in [0.25, 0.3) is 5.56 Å². The van der Waals surface area contributed by atoms with Crippen LogP contribution in [-0.2, 0) is 13.0 Å². The van der Waals surface area contributed by atoms with Gasteiger partial charge in [-0.05, 0) is 53.6 Å². The lowest BCUT2D eigenvalue weighted by atomic mass is 9.99. The highest BCUT2D eigenvalue weighted by molar-refractivity contribution is 5.82. The number of benzene rings is 2. The molecule has 5 nitrogen and oxygen atoms in total. The summed E-state index contributed by atoms with van der Waals surface area (Å²) in [7, 11) is 0. The van der Waals surface area contributed by atoms with Crippen molar-refractivity contribution >= 4 is 10.9 Å². The first-order valence-corrected chi connectivity index (χ1v) is 9.36. The molecule has 5 heteroatoms. The van der Waals surface area contributed by atoms with Crippen molar-refractivity contribution in [3.05, 3.63) is 69.5 Å². The van der Waals surface area contributed by atoms with E-state index in [0.29, 0.717) is 19.3 Å². The van der Waals surface area contributed by atoms with E-state index in [1.54, 1.807) is 0 Å². The van der Waals surface area contributed by atoms with Crippen LogP contribution in [0.1, 0.15) is 36.5 Å². The molecule has 0 amide bonds. The first kappa shape index (κ1) is 17.6. The monoisotopic (exact) mass is 364 g/mol. The molecule has 27 heavy (non-hydrogen) atoms. The number of hydrogen-bond acceptors (Lipinski definition) is 4. The minimum atomic E-state index is -0.0221. The first-order valence-electron chi connectivity index (χ1n) is 9.36. The summed E-state index contributed by atoms with van der Waals surface area (Å²) in [5.41, 5.74) is 4.04. The number of fused-ring (bicyclic) bond motifs is 2. The number of ether oxygens (including phenoxy) is 2. The average molecular weight is 364 g/mol. The van der Waals surface area contributed by atoms with Gasteiger partial charge in [-0.25, -0.2) is 0 Å². The van der Waals surface area contributed by atoms with E-state index in [1.165, 1.54) is 11.1 Å². The Morgan fingerprint density at radius 3 is 2.81 bits per heavy atom. The number of aromatic nitrogens is 1. The topological polar surface area (TPSA) is 63.4 Å². The Morgan fingerprint density at radius 1 is 1.11 bits per heavy atom. The van der Waals surface area contributed by atoms with Crippen molar-refractivity contribution in [2.75, 3.05) is 13.3 Å². The molecule has 3 aromatic rings. The molecule has 2 heterocycles. The van der Waals surface area contributed by atoms with Gasteiger partial charge in [0.15, 0.2) is 11.5 Å². The second-order valence-electron chi connectivity index (χ2n) is 7.20. The molecule has 1 aliphatic rings. The average Bonchev–Trinajstić information content (AvgIpc) is 3.12. The maximum Gasteiger partial charge on any atom is 0.252 e. The van der Waals surface area contributed by atoms with Gasteiger partial charge >= 0.3 is 0 Å². The van der Waals surface area contributed by atoms with E-state index < -0.39 is 0 Å². The quantitative estimate of drug-likeness (QED) is 0.655. The molecule has 4 rings (SSSR count). The lowest BCUT2D eigenvalue weighted by Crippen LogP contribution is -2.23. The minimum Gasteiger partial charge on any atom is -0.454 e. The standard InChI is InChI=1S/C22H24N2O3/c1-14(2)18-5-3-4-16-11-17(22(25)24-21(16)18)12-23-9-8-15-6-7-19-20(10-15)27-13-26-19/h3-7,10-11,14,23H,8-9,12-13H2,1-2H3,(H,24,25). The lowest BCUT2D eigenvalue weighted by molar-refractivity contribution is 0.174. The molecule has 0 spiro atoms. The summed E-state index contributed by atoms with van der Waals surface area (Å²) >= 11 is 0. The van der Waals surface area contributed by atoms with E-state index in [9.17, 15) is 4.79 Å². The Kier molecular flexibility index (Phi) is 4.86. The Balaban J connectivity index is 1.42. The summed E-state index contributed by atoms with van der Waals surface area (Å²) in [5, 5.41) is 4.45. The molecule has 0 radical (unpaired) electrons. The van der Waals surface area contributed by atoms with E-state index >= 15 is 0 Å². The van der Waals surface area contributed by atoms with Gasteiger partial charge in [-0.3, -0.25) is 4.79 Å². The Bertz CT molecular complexity index is 1020. The highest BCUT2D eigenvalue weighted by Crippen LogP contribution is 2.32. The molecule has 140 valence electrons. The molecule has 0 saturated heterocycles. The third-order valence-electron chi connectivity index (χ3n) is 4.95. The van der Waals surface area contributed by atoms with Crippen molar-refractivity contribution in [1.29, 1.82) is 0 Å². The number of para-hydroxylation sites is 1. The van der Waals surface area contributed by atoms with Crippen molar-refractivity contribution < 1.29 is 9.47 Å². The molecule has 0 bridgehead atoms. The van der Waals surface area contributed by atoms with Crippen LogP contribution >= 0.6 is 0 Å². The van der Waals surface area contributed by atoms with Crippen LogP contribution in [0, 0.1) is 0 Å². The molecule has 0 saturated carbocycles. The van der Waals surface area contributed by atoms with E-state index in [2.05, 4.69) is 30.2 Å². The fraction of sp³-hybridized carbons (Fsp3) is 0.318. The maximum absolute atomic E-state index is 12.5. The number of hydrogen-bond donors (Lipinski definition) is 2. The lowest BCUT2D eigenvalue weighted by Gasteiger charge is -2.11. The Labute approximate surface area is 158 Å². The van der Waals surface area contributed by atoms with Gasteiger partial charge in [-0.1, -0.05) is 38.1 Å². The van der Waals surface area contributed by atoms with Gasteiger partial charge in [0.2, 0.25) is 6.79 Å². The van der Waals surface area contributed by atoms with Crippen LogP contribution < -0.4 is 20.3 Å². The smallest absolute Gasteiger partial charge is 0.252 e. The summed E-state index contributed by atoms with van der Waals surface area (Å²) in [6.07, 6.45) is 0.861. The van der Waals surface area contributed by atoms with Gasteiger partial charge < -0.3 is 19.8 Å². The van der Waals surface area contributed by atoms with E-state index in [-0.39, 0.29) is 5.56 Å². The third kappa shape index (κ3) is 3.69. The van der Waals surface area contributed by atoms with Crippen LogP contribution in [0.5, 0.6) is 11.5 Å². The van der Waals surface area contributed by atoms with Gasteiger partial charge in [0.1, 0.15) is 0 Å². The SMILES string of the molecule is CC(C)c1cccc2cc(CNCCc3ccc4c(c3)OCO4)c(=O)[nH]c12. The third-order valence-corrected chi connectivity index (χ3v) is 4.95. The molecule has 0 fully saturated rings. The van der Waals surface area contributed by atoms with Crippen LogP contribution in [0.25, 0.3) is 10.9 Å². The van der Waals surface area contributed by atoms with Gasteiger partial charge in [-0.15, -0.1) is 0 Å². The van der Waals surface area contributed by atoms with Crippen molar-refractivity contribution in [1.82, 2.24) is 10.3 Å². The zero-order valence-electron chi connectivity index (χ0n) is 15.7. The van der Waals surface area contributed by atoms with Gasteiger partial charge in [-0.2, -0.15) is 0 Å². The van der Waals surface area contributed by atoms with Crippen molar-refractivity contribution in [3.63, 3.8) is 0 Å². The molecule has 1 aromatic heterocycles. The highest BCUT2D eigenvalue weighted by atomic mass is 16.7. The second kappa shape index (κ2) is 7.45. The number of H-pyrrole nitrogens is 1. The number of rotatable bonds is 6. The zero-order chi connectivity index (χ0) is 18.8. The molecular formula is C22H24N2O3. The largest absolute Gasteiger partial charge is 0.454 e. The molecule has 1 aliphatic heterocycles. The Morgan fingerprint density at radius 2 is 1.96 bits per heavy atom. The van der Waals surface area contributed by atoms with Crippen LogP contribution in [0.15, 0.2) is 47.3 Å². The normalized spacial score (nSPS) is 12.9. The van der Waals surface area contributed by atoms with Crippen molar-refractivity contribution in [2.24, 2.45) is 0 Å². The molecule has 0 atom stereocenters. The zero-order valence-corrected chi connectivity index (χ0v) is 15.7. The number of pyridine rings is 1. The Hall–Kier alpha value is -2.79. The predicted octanol–water partition coefficient (Wildman–Crippen LogP) is 3.71.